The number of hydrogen-bond donors (Lipinski definition) is 1. The molecule has 5 nitrogen and oxygen atoms in total. The zero-order chi connectivity index (χ0) is 13.2. The summed E-state index contributed by atoms with van der Waals surface area (Å²) < 4.78 is 0. The third-order valence-corrected chi connectivity index (χ3v) is 2.71. The average molecular weight is 241 g/mol. The minimum atomic E-state index is -0.183. The normalized spacial score (nSPS) is 19.1. The lowest BCUT2D eigenvalue weighted by molar-refractivity contribution is -0.125. The number of likely N-dealkylation sites (N-methyl/N-ethyl adjacent to an activating group) is 1. The van der Waals surface area contributed by atoms with E-state index in [2.05, 4.69) is 26.1 Å². The van der Waals surface area contributed by atoms with Crippen LogP contribution in [0.2, 0.25) is 0 Å². The monoisotopic (exact) mass is 241 g/mol. The Labute approximate surface area is 103 Å². The SMILES string of the molecule is CC(CNC(C)(C)C)CN1C(=O)CN(C)C1=O. The van der Waals surface area contributed by atoms with Crippen LogP contribution in [0.3, 0.4) is 0 Å². The molecule has 1 fully saturated rings. The molecule has 1 atom stereocenters. The number of amides is 3. The van der Waals surface area contributed by atoms with Gasteiger partial charge in [0.1, 0.15) is 6.54 Å². The van der Waals surface area contributed by atoms with Crippen LogP contribution < -0.4 is 5.32 Å². The second-order valence-corrected chi connectivity index (χ2v) is 5.88. The van der Waals surface area contributed by atoms with E-state index in [1.807, 2.05) is 6.92 Å². The van der Waals surface area contributed by atoms with Crippen LogP contribution in [0, 0.1) is 5.92 Å². The Bertz CT molecular complexity index is 309. The van der Waals surface area contributed by atoms with E-state index in [0.29, 0.717) is 6.54 Å². The number of nitrogens with one attached hydrogen (secondary N) is 1. The molecule has 1 N–H and O–H groups in total. The van der Waals surface area contributed by atoms with Gasteiger partial charge < -0.3 is 10.2 Å². The minimum absolute atomic E-state index is 0.0596. The number of carbonyl (C=O) groups is 2. The maximum absolute atomic E-state index is 11.7. The molecular weight excluding hydrogens is 218 g/mol. The van der Waals surface area contributed by atoms with Gasteiger partial charge in [0.2, 0.25) is 5.91 Å². The van der Waals surface area contributed by atoms with E-state index >= 15 is 0 Å². The molecule has 0 saturated carbocycles. The molecule has 17 heavy (non-hydrogen) atoms. The second kappa shape index (κ2) is 5.04. The van der Waals surface area contributed by atoms with Gasteiger partial charge in [0.15, 0.2) is 0 Å². The first-order valence-electron chi connectivity index (χ1n) is 6.01. The highest BCUT2D eigenvalue weighted by Crippen LogP contribution is 2.11. The molecule has 0 bridgehead atoms. The standard InChI is InChI=1S/C12H23N3O2/c1-9(6-13-12(2,3)4)7-15-10(16)8-14(5)11(15)17/h9,13H,6-8H2,1-5H3. The maximum Gasteiger partial charge on any atom is 0.326 e. The fourth-order valence-electron chi connectivity index (χ4n) is 1.71. The van der Waals surface area contributed by atoms with E-state index in [0.717, 1.165) is 6.54 Å². The van der Waals surface area contributed by atoms with Gasteiger partial charge in [0.25, 0.3) is 0 Å². The van der Waals surface area contributed by atoms with Gasteiger partial charge in [0.05, 0.1) is 0 Å². The van der Waals surface area contributed by atoms with E-state index in [4.69, 9.17) is 0 Å². The van der Waals surface area contributed by atoms with Crippen molar-refractivity contribution in [2.24, 2.45) is 5.92 Å². The Morgan fingerprint density at radius 1 is 1.35 bits per heavy atom. The first-order valence-corrected chi connectivity index (χ1v) is 6.01. The van der Waals surface area contributed by atoms with Crippen molar-refractivity contribution in [1.29, 1.82) is 0 Å². The first-order chi connectivity index (χ1) is 7.70. The molecule has 1 unspecified atom stereocenters. The molecule has 1 aliphatic heterocycles. The number of imide groups is 1. The van der Waals surface area contributed by atoms with Crippen molar-refractivity contribution in [3.63, 3.8) is 0 Å². The zero-order valence-electron chi connectivity index (χ0n) is 11.4. The van der Waals surface area contributed by atoms with Crippen LogP contribution in [0.4, 0.5) is 4.79 Å². The van der Waals surface area contributed by atoms with Gasteiger partial charge in [-0.15, -0.1) is 0 Å². The lowest BCUT2D eigenvalue weighted by Crippen LogP contribution is -2.43. The minimum Gasteiger partial charge on any atom is -0.318 e. The van der Waals surface area contributed by atoms with Gasteiger partial charge in [-0.05, 0) is 33.2 Å². The molecule has 3 amide bonds. The molecule has 5 heteroatoms. The lowest BCUT2D eigenvalue weighted by Gasteiger charge is -2.25. The van der Waals surface area contributed by atoms with Crippen LogP contribution in [-0.2, 0) is 4.79 Å². The van der Waals surface area contributed by atoms with Gasteiger partial charge in [-0.25, -0.2) is 4.79 Å². The van der Waals surface area contributed by atoms with Crippen molar-refractivity contribution >= 4 is 11.9 Å². The van der Waals surface area contributed by atoms with Gasteiger partial charge in [0, 0.05) is 19.1 Å². The van der Waals surface area contributed by atoms with Crippen LogP contribution in [0.1, 0.15) is 27.7 Å². The van der Waals surface area contributed by atoms with Crippen molar-refractivity contribution in [3.8, 4) is 0 Å². The highest BCUT2D eigenvalue weighted by atomic mass is 16.2. The largest absolute Gasteiger partial charge is 0.326 e. The van der Waals surface area contributed by atoms with Crippen LogP contribution in [0.5, 0.6) is 0 Å². The van der Waals surface area contributed by atoms with Crippen LogP contribution >= 0.6 is 0 Å². The Morgan fingerprint density at radius 2 is 1.94 bits per heavy atom. The highest BCUT2D eigenvalue weighted by molar-refractivity contribution is 6.01. The predicted octanol–water partition coefficient (Wildman–Crippen LogP) is 0.905. The van der Waals surface area contributed by atoms with E-state index in [1.54, 1.807) is 7.05 Å². The highest BCUT2D eigenvalue weighted by Gasteiger charge is 2.34. The number of nitrogens with zero attached hydrogens (tertiary/aromatic N) is 2. The van der Waals surface area contributed by atoms with Crippen molar-refractivity contribution in [2.45, 2.75) is 33.2 Å². The summed E-state index contributed by atoms with van der Waals surface area (Å²) in [5, 5.41) is 3.37. The molecular formula is C12H23N3O2. The van der Waals surface area contributed by atoms with Crippen molar-refractivity contribution < 1.29 is 9.59 Å². The van der Waals surface area contributed by atoms with E-state index < -0.39 is 0 Å². The molecule has 0 aromatic carbocycles. The summed E-state index contributed by atoms with van der Waals surface area (Å²) >= 11 is 0. The summed E-state index contributed by atoms with van der Waals surface area (Å²) in [6.07, 6.45) is 0. The number of carbonyl (C=O) groups excluding carboxylic acids is 2. The summed E-state index contributed by atoms with van der Waals surface area (Å²) in [5.41, 5.74) is 0.0596. The van der Waals surface area contributed by atoms with Crippen molar-refractivity contribution in [3.05, 3.63) is 0 Å². The number of urea groups is 1. The molecule has 1 heterocycles. The molecule has 0 radical (unpaired) electrons. The van der Waals surface area contributed by atoms with Crippen LogP contribution in [0.25, 0.3) is 0 Å². The van der Waals surface area contributed by atoms with E-state index in [1.165, 1.54) is 9.80 Å². The molecule has 0 aliphatic carbocycles. The third-order valence-electron chi connectivity index (χ3n) is 2.71. The molecule has 1 saturated heterocycles. The smallest absolute Gasteiger partial charge is 0.318 e. The zero-order valence-corrected chi connectivity index (χ0v) is 11.4. The summed E-state index contributed by atoms with van der Waals surface area (Å²) in [6, 6.07) is -0.183. The molecule has 0 aromatic heterocycles. The molecule has 1 aliphatic rings. The van der Waals surface area contributed by atoms with Gasteiger partial charge in [-0.2, -0.15) is 0 Å². The van der Waals surface area contributed by atoms with E-state index in [9.17, 15) is 9.59 Å². The van der Waals surface area contributed by atoms with Crippen LogP contribution in [-0.4, -0.2) is 54.0 Å². The van der Waals surface area contributed by atoms with Crippen molar-refractivity contribution in [1.82, 2.24) is 15.1 Å². The summed E-state index contributed by atoms with van der Waals surface area (Å²) in [5.74, 6) is 0.161. The van der Waals surface area contributed by atoms with Gasteiger partial charge in [-0.1, -0.05) is 6.92 Å². The fourth-order valence-corrected chi connectivity index (χ4v) is 1.71. The average Bonchev–Trinajstić information content (AvgIpc) is 2.41. The topological polar surface area (TPSA) is 52.7 Å². The molecule has 0 aromatic rings. The summed E-state index contributed by atoms with van der Waals surface area (Å²) in [7, 11) is 1.65. The molecule has 0 spiro atoms. The fraction of sp³-hybridized carbons (Fsp3) is 0.833. The Balaban J connectivity index is 2.44. The maximum atomic E-state index is 11.7. The van der Waals surface area contributed by atoms with Crippen LogP contribution in [0.15, 0.2) is 0 Å². The quantitative estimate of drug-likeness (QED) is 0.744. The Kier molecular flexibility index (Phi) is 4.14. The summed E-state index contributed by atoms with van der Waals surface area (Å²) in [4.78, 5) is 26.0. The van der Waals surface area contributed by atoms with Gasteiger partial charge >= 0.3 is 6.03 Å². The van der Waals surface area contributed by atoms with Crippen molar-refractivity contribution in [2.75, 3.05) is 26.7 Å². The summed E-state index contributed by atoms with van der Waals surface area (Å²) in [6.45, 7) is 9.82. The second-order valence-electron chi connectivity index (χ2n) is 5.88. The molecule has 98 valence electrons. The Morgan fingerprint density at radius 3 is 2.35 bits per heavy atom. The lowest BCUT2D eigenvalue weighted by atomic mass is 10.1. The molecule has 1 rings (SSSR count). The number of hydrogen-bond acceptors (Lipinski definition) is 3. The first kappa shape index (κ1) is 14.0. The number of rotatable bonds is 4. The Hall–Kier alpha value is -1.10. The van der Waals surface area contributed by atoms with Gasteiger partial charge in [-0.3, -0.25) is 9.69 Å². The third kappa shape index (κ3) is 4.00. The predicted molar refractivity (Wildman–Crippen MR) is 66.7 cm³/mol. The van der Waals surface area contributed by atoms with E-state index in [-0.39, 0.29) is 29.9 Å².